The van der Waals surface area contributed by atoms with Gasteiger partial charge in [-0.1, -0.05) is 29.8 Å². The Morgan fingerprint density at radius 1 is 1.00 bits per heavy atom. The number of nitrogens with one attached hydrogen (secondary N) is 1. The average Bonchev–Trinajstić information content (AvgIpc) is 3.33. The number of anilines is 1. The number of carbonyl (C=O) groups excluding carboxylic acids is 1. The molecule has 1 N–H and O–H groups in total. The van der Waals surface area contributed by atoms with Crippen LogP contribution in [0.4, 0.5) is 5.69 Å². The molecule has 2 heterocycles. The molecule has 0 saturated carbocycles. The van der Waals surface area contributed by atoms with Gasteiger partial charge in [0.2, 0.25) is 5.89 Å². The average molecular weight is 486 g/mol. The third kappa shape index (κ3) is 5.10. The van der Waals surface area contributed by atoms with Crippen molar-refractivity contribution in [3.05, 3.63) is 101 Å². The number of halogens is 1. The maximum Gasteiger partial charge on any atom is 0.255 e. The lowest BCUT2D eigenvalue weighted by atomic mass is 10.1. The lowest BCUT2D eigenvalue weighted by Gasteiger charge is -2.13. The maximum absolute atomic E-state index is 12.9. The first kappa shape index (κ1) is 22.4. The number of amides is 1. The molecule has 5 aromatic rings. The summed E-state index contributed by atoms with van der Waals surface area (Å²) >= 11 is 5.93. The first-order valence-corrected chi connectivity index (χ1v) is 11.2. The Morgan fingerprint density at radius 2 is 1.86 bits per heavy atom. The van der Waals surface area contributed by atoms with Gasteiger partial charge in [0, 0.05) is 28.0 Å². The van der Waals surface area contributed by atoms with Crippen molar-refractivity contribution in [3.8, 4) is 23.0 Å². The number of rotatable bonds is 7. The van der Waals surface area contributed by atoms with E-state index < -0.39 is 0 Å². The minimum atomic E-state index is -0.288. The van der Waals surface area contributed by atoms with Crippen LogP contribution in [0, 0.1) is 0 Å². The fourth-order valence-electron chi connectivity index (χ4n) is 3.50. The van der Waals surface area contributed by atoms with Gasteiger partial charge in [0.25, 0.3) is 5.91 Å². The summed E-state index contributed by atoms with van der Waals surface area (Å²) in [5.41, 5.74) is 3.85. The van der Waals surface area contributed by atoms with Gasteiger partial charge in [-0.25, -0.2) is 4.98 Å². The Hall–Kier alpha value is -4.36. The van der Waals surface area contributed by atoms with Crippen molar-refractivity contribution >= 4 is 34.4 Å². The third-order valence-electron chi connectivity index (χ3n) is 5.27. The molecule has 0 aliphatic heterocycles. The van der Waals surface area contributed by atoms with Gasteiger partial charge in [-0.2, -0.15) is 4.98 Å². The van der Waals surface area contributed by atoms with Gasteiger partial charge in [-0.05, 0) is 66.2 Å². The van der Waals surface area contributed by atoms with Crippen LogP contribution < -0.4 is 14.8 Å². The van der Waals surface area contributed by atoms with Crippen LogP contribution in [0.1, 0.15) is 15.9 Å². The molecule has 1 amide bonds. The molecule has 2 aromatic heterocycles. The lowest BCUT2D eigenvalue weighted by Crippen LogP contribution is -2.12. The molecule has 174 valence electrons. The largest absolute Gasteiger partial charge is 0.493 e. The summed E-state index contributed by atoms with van der Waals surface area (Å²) < 4.78 is 17.1. The number of fused-ring (bicyclic) bond motifs is 1. The maximum atomic E-state index is 12.9. The number of pyridine rings is 1. The number of ether oxygens (including phenoxy) is 2. The Balaban J connectivity index is 1.30. The molecule has 5 rings (SSSR count). The Kier molecular flexibility index (Phi) is 6.32. The van der Waals surface area contributed by atoms with Crippen molar-refractivity contribution < 1.29 is 18.7 Å². The van der Waals surface area contributed by atoms with Gasteiger partial charge < -0.3 is 19.2 Å². The normalized spacial score (nSPS) is 10.8. The zero-order chi connectivity index (χ0) is 24.2. The molecule has 0 radical (unpaired) electrons. The van der Waals surface area contributed by atoms with Crippen LogP contribution in [-0.2, 0) is 6.61 Å². The molecule has 0 unspecified atom stereocenters. The van der Waals surface area contributed by atoms with E-state index >= 15 is 0 Å². The summed E-state index contributed by atoms with van der Waals surface area (Å²) in [4.78, 5) is 21.5. The van der Waals surface area contributed by atoms with Crippen LogP contribution in [0.2, 0.25) is 5.02 Å². The number of methoxy groups -OCH3 is 1. The molecule has 8 heteroatoms. The van der Waals surface area contributed by atoms with E-state index in [4.69, 9.17) is 25.5 Å². The van der Waals surface area contributed by atoms with E-state index in [9.17, 15) is 4.79 Å². The van der Waals surface area contributed by atoms with E-state index in [0.29, 0.717) is 51.5 Å². The van der Waals surface area contributed by atoms with Crippen LogP contribution >= 0.6 is 11.6 Å². The third-order valence-corrected chi connectivity index (χ3v) is 5.52. The Bertz CT molecular complexity index is 1470. The molecule has 35 heavy (non-hydrogen) atoms. The van der Waals surface area contributed by atoms with Gasteiger partial charge in [0.05, 0.1) is 7.11 Å². The van der Waals surface area contributed by atoms with E-state index in [1.807, 2.05) is 24.3 Å². The highest BCUT2D eigenvalue weighted by Gasteiger charge is 2.14. The summed E-state index contributed by atoms with van der Waals surface area (Å²) in [6.07, 6.45) is 1.66. The second-order valence-corrected chi connectivity index (χ2v) is 8.10. The van der Waals surface area contributed by atoms with Crippen LogP contribution in [-0.4, -0.2) is 23.0 Å². The number of benzene rings is 3. The van der Waals surface area contributed by atoms with Crippen molar-refractivity contribution in [1.82, 2.24) is 9.97 Å². The molecular weight excluding hydrogens is 466 g/mol. The standard InChI is InChI=1S/C27H20ClN3O4/c1-33-24-15-18(9-12-22(24)34-16-17-7-10-20(28)11-8-17)26(32)30-21-5-2-4-19(14-21)27-31-25-23(35-27)6-3-13-29-25/h2-15H,16H2,1H3,(H,30,32). The van der Waals surface area contributed by atoms with Crippen molar-refractivity contribution in [1.29, 1.82) is 0 Å². The van der Waals surface area contributed by atoms with Crippen molar-refractivity contribution in [2.75, 3.05) is 12.4 Å². The zero-order valence-corrected chi connectivity index (χ0v) is 19.5. The van der Waals surface area contributed by atoms with E-state index in [-0.39, 0.29) is 5.91 Å². The highest BCUT2D eigenvalue weighted by molar-refractivity contribution is 6.30. The lowest BCUT2D eigenvalue weighted by molar-refractivity contribution is 0.102. The highest BCUT2D eigenvalue weighted by atomic mass is 35.5. The molecule has 0 atom stereocenters. The van der Waals surface area contributed by atoms with Crippen LogP contribution in [0.5, 0.6) is 11.5 Å². The smallest absolute Gasteiger partial charge is 0.255 e. The SMILES string of the molecule is COc1cc(C(=O)Nc2cccc(-c3nc4ncccc4o3)c2)ccc1OCc1ccc(Cl)cc1. The monoisotopic (exact) mass is 485 g/mol. The van der Waals surface area contributed by atoms with Gasteiger partial charge in [-0.3, -0.25) is 4.79 Å². The first-order valence-electron chi connectivity index (χ1n) is 10.8. The quantitative estimate of drug-likeness (QED) is 0.287. The summed E-state index contributed by atoms with van der Waals surface area (Å²) in [5.74, 6) is 1.13. The molecule has 3 aromatic carbocycles. The molecule has 0 bridgehead atoms. The topological polar surface area (TPSA) is 86.5 Å². The van der Waals surface area contributed by atoms with Crippen molar-refractivity contribution in [2.45, 2.75) is 6.61 Å². The Labute approximate surface area is 206 Å². The van der Waals surface area contributed by atoms with Crippen molar-refractivity contribution in [3.63, 3.8) is 0 Å². The molecule has 0 aliphatic carbocycles. The molecule has 0 fully saturated rings. The van der Waals surface area contributed by atoms with E-state index in [1.165, 1.54) is 7.11 Å². The van der Waals surface area contributed by atoms with Gasteiger partial charge in [0.1, 0.15) is 6.61 Å². The number of oxazole rings is 1. The van der Waals surface area contributed by atoms with Gasteiger partial charge in [-0.15, -0.1) is 0 Å². The van der Waals surface area contributed by atoms with Gasteiger partial charge >= 0.3 is 0 Å². The minimum absolute atomic E-state index is 0.288. The summed E-state index contributed by atoms with van der Waals surface area (Å²) in [6.45, 7) is 0.344. The van der Waals surface area contributed by atoms with E-state index in [1.54, 1.807) is 60.8 Å². The predicted molar refractivity (Wildman–Crippen MR) is 134 cm³/mol. The van der Waals surface area contributed by atoms with Crippen LogP contribution in [0.15, 0.2) is 89.5 Å². The number of aromatic nitrogens is 2. The van der Waals surface area contributed by atoms with Crippen molar-refractivity contribution in [2.24, 2.45) is 0 Å². The summed E-state index contributed by atoms with van der Waals surface area (Å²) in [7, 11) is 1.53. The summed E-state index contributed by atoms with van der Waals surface area (Å²) in [6, 6.07) is 23.3. The zero-order valence-electron chi connectivity index (χ0n) is 18.7. The first-order chi connectivity index (χ1) is 17.1. The van der Waals surface area contributed by atoms with Crippen LogP contribution in [0.25, 0.3) is 22.7 Å². The van der Waals surface area contributed by atoms with Gasteiger partial charge in [0.15, 0.2) is 22.7 Å². The predicted octanol–water partition coefficient (Wildman–Crippen LogP) is 6.38. The molecule has 7 nitrogen and oxygen atoms in total. The minimum Gasteiger partial charge on any atom is -0.493 e. The number of hydrogen-bond donors (Lipinski definition) is 1. The number of hydrogen-bond acceptors (Lipinski definition) is 6. The fraction of sp³-hybridized carbons (Fsp3) is 0.0741. The second-order valence-electron chi connectivity index (χ2n) is 7.66. The molecule has 0 spiro atoms. The fourth-order valence-corrected chi connectivity index (χ4v) is 3.62. The molecule has 0 saturated heterocycles. The highest BCUT2D eigenvalue weighted by Crippen LogP contribution is 2.30. The number of nitrogens with zero attached hydrogens (tertiary/aromatic N) is 2. The Morgan fingerprint density at radius 3 is 2.66 bits per heavy atom. The summed E-state index contributed by atoms with van der Waals surface area (Å²) in [5, 5.41) is 3.57. The van der Waals surface area contributed by atoms with E-state index in [2.05, 4.69) is 15.3 Å². The van der Waals surface area contributed by atoms with E-state index in [0.717, 1.165) is 11.1 Å². The van der Waals surface area contributed by atoms with Crippen LogP contribution in [0.3, 0.4) is 0 Å². The molecular formula is C27H20ClN3O4. The second kappa shape index (κ2) is 9.87. The number of carbonyl (C=O) groups is 1. The molecule has 0 aliphatic rings.